The van der Waals surface area contributed by atoms with E-state index in [1.165, 1.54) is 13.3 Å². The number of nitrogens with zero attached hydrogens (tertiary/aromatic N) is 1. The highest BCUT2D eigenvalue weighted by atomic mass is 79.9. The van der Waals surface area contributed by atoms with Crippen LogP contribution in [-0.4, -0.2) is 30.9 Å². The summed E-state index contributed by atoms with van der Waals surface area (Å²) in [5.74, 6) is 0.465. The number of phenols is 1. The van der Waals surface area contributed by atoms with Crippen molar-refractivity contribution in [2.75, 3.05) is 13.7 Å². The molecule has 0 saturated carbocycles. The maximum atomic E-state index is 12.0. The number of halogens is 3. The Balaban J connectivity index is 2.01. The summed E-state index contributed by atoms with van der Waals surface area (Å²) in [6, 6.07) is 5.48. The summed E-state index contributed by atoms with van der Waals surface area (Å²) in [4.78, 5) is 12.0. The lowest BCUT2D eigenvalue weighted by Crippen LogP contribution is -2.24. The molecular formula is C18H17Br3N2O4. The standard InChI is InChI=1S/C18H17Br3N2O4/c1-9-4-10(2)18(12(19)5-9)27-8-14(24)23-22-7-11-6-13(26-3)17(25)16(21)15(11)20/h4-7,25H,8H2,1-3H3,(H,23,24)/b22-7+. The minimum Gasteiger partial charge on any atom is -0.503 e. The molecule has 0 radical (unpaired) electrons. The number of rotatable bonds is 6. The zero-order valence-electron chi connectivity index (χ0n) is 14.8. The molecule has 0 aliphatic carbocycles. The first kappa shape index (κ1) is 21.7. The lowest BCUT2D eigenvalue weighted by molar-refractivity contribution is -0.123. The van der Waals surface area contributed by atoms with Gasteiger partial charge in [-0.1, -0.05) is 6.07 Å². The first-order chi connectivity index (χ1) is 12.7. The van der Waals surface area contributed by atoms with Crippen molar-refractivity contribution in [1.29, 1.82) is 0 Å². The molecule has 0 aromatic heterocycles. The first-order valence-corrected chi connectivity index (χ1v) is 10.1. The SMILES string of the molecule is COc1cc(/C=N/NC(=O)COc2c(C)cc(C)cc2Br)c(Br)c(Br)c1O. The second-order valence-electron chi connectivity index (χ2n) is 5.62. The molecule has 2 aromatic rings. The van der Waals surface area contributed by atoms with Crippen LogP contribution in [0.3, 0.4) is 0 Å². The molecule has 0 unspecified atom stereocenters. The van der Waals surface area contributed by atoms with Gasteiger partial charge in [-0.15, -0.1) is 0 Å². The van der Waals surface area contributed by atoms with Crippen LogP contribution < -0.4 is 14.9 Å². The zero-order chi connectivity index (χ0) is 20.1. The van der Waals surface area contributed by atoms with Crippen molar-refractivity contribution in [2.24, 2.45) is 5.10 Å². The van der Waals surface area contributed by atoms with Gasteiger partial charge in [-0.2, -0.15) is 5.10 Å². The highest BCUT2D eigenvalue weighted by molar-refractivity contribution is 9.13. The summed E-state index contributed by atoms with van der Waals surface area (Å²) in [5, 5.41) is 13.8. The van der Waals surface area contributed by atoms with E-state index < -0.39 is 5.91 Å². The number of carbonyl (C=O) groups excluding carboxylic acids is 1. The lowest BCUT2D eigenvalue weighted by atomic mass is 10.1. The molecule has 0 aliphatic rings. The van der Waals surface area contributed by atoms with Gasteiger partial charge in [0, 0.05) is 10.0 Å². The predicted octanol–water partition coefficient (Wildman–Crippen LogP) is 4.83. The molecule has 0 spiro atoms. The second kappa shape index (κ2) is 9.57. The monoisotopic (exact) mass is 562 g/mol. The van der Waals surface area contributed by atoms with Crippen molar-refractivity contribution in [2.45, 2.75) is 13.8 Å². The van der Waals surface area contributed by atoms with Crippen LogP contribution in [0.25, 0.3) is 0 Å². The third-order valence-corrected chi connectivity index (χ3v) is 6.26. The fourth-order valence-electron chi connectivity index (χ4n) is 2.29. The van der Waals surface area contributed by atoms with Crippen molar-refractivity contribution >= 4 is 59.9 Å². The number of phenolic OH excluding ortho intramolecular Hbond substituents is 1. The molecule has 144 valence electrons. The Morgan fingerprint density at radius 1 is 1.22 bits per heavy atom. The smallest absolute Gasteiger partial charge is 0.277 e. The van der Waals surface area contributed by atoms with Gasteiger partial charge in [-0.25, -0.2) is 5.43 Å². The van der Waals surface area contributed by atoms with Gasteiger partial charge in [0.15, 0.2) is 18.1 Å². The molecule has 6 nitrogen and oxygen atoms in total. The minimum atomic E-state index is -0.404. The normalized spacial score (nSPS) is 10.9. The summed E-state index contributed by atoms with van der Waals surface area (Å²) in [6.07, 6.45) is 1.43. The Morgan fingerprint density at radius 3 is 2.56 bits per heavy atom. The number of methoxy groups -OCH3 is 1. The molecule has 2 N–H and O–H groups in total. The Hall–Kier alpha value is -1.58. The third-order valence-electron chi connectivity index (χ3n) is 3.51. The molecule has 27 heavy (non-hydrogen) atoms. The van der Waals surface area contributed by atoms with Crippen molar-refractivity contribution in [1.82, 2.24) is 5.43 Å². The van der Waals surface area contributed by atoms with Crippen LogP contribution in [0.5, 0.6) is 17.2 Å². The van der Waals surface area contributed by atoms with Crippen molar-refractivity contribution < 1.29 is 19.4 Å². The number of nitrogens with one attached hydrogen (secondary N) is 1. The second-order valence-corrected chi connectivity index (χ2v) is 8.06. The number of ether oxygens (including phenoxy) is 2. The van der Waals surface area contributed by atoms with Gasteiger partial charge in [0.25, 0.3) is 5.91 Å². The maximum Gasteiger partial charge on any atom is 0.277 e. The zero-order valence-corrected chi connectivity index (χ0v) is 19.5. The van der Waals surface area contributed by atoms with Crippen LogP contribution in [-0.2, 0) is 4.79 Å². The fraction of sp³-hybridized carbons (Fsp3) is 0.222. The number of benzene rings is 2. The van der Waals surface area contributed by atoms with E-state index in [2.05, 4.69) is 58.3 Å². The highest BCUT2D eigenvalue weighted by Gasteiger charge is 2.14. The Bertz CT molecular complexity index is 878. The number of amides is 1. The predicted molar refractivity (Wildman–Crippen MR) is 115 cm³/mol. The number of hydrogen-bond acceptors (Lipinski definition) is 5. The molecular weight excluding hydrogens is 548 g/mol. The van der Waals surface area contributed by atoms with E-state index in [-0.39, 0.29) is 18.1 Å². The molecule has 2 rings (SSSR count). The summed E-state index contributed by atoms with van der Waals surface area (Å²) in [7, 11) is 1.45. The minimum absolute atomic E-state index is 0.0296. The van der Waals surface area contributed by atoms with Gasteiger partial charge in [0.2, 0.25) is 0 Å². The number of hydrazone groups is 1. The van der Waals surface area contributed by atoms with E-state index in [0.717, 1.165) is 15.6 Å². The Morgan fingerprint density at radius 2 is 1.93 bits per heavy atom. The Kier molecular flexibility index (Phi) is 7.69. The molecule has 0 aliphatic heterocycles. The number of aromatic hydroxyl groups is 1. The Labute approximate surface area is 182 Å². The third kappa shape index (κ3) is 5.46. The van der Waals surface area contributed by atoms with Crippen LogP contribution in [0.15, 0.2) is 36.7 Å². The van der Waals surface area contributed by atoms with Crippen molar-refractivity contribution in [3.05, 3.63) is 48.3 Å². The van der Waals surface area contributed by atoms with Crippen LogP contribution in [0.2, 0.25) is 0 Å². The van der Waals surface area contributed by atoms with Crippen LogP contribution in [0.1, 0.15) is 16.7 Å². The van der Waals surface area contributed by atoms with Gasteiger partial charge in [0.1, 0.15) is 5.75 Å². The lowest BCUT2D eigenvalue weighted by Gasteiger charge is -2.11. The molecule has 0 bridgehead atoms. The van der Waals surface area contributed by atoms with Gasteiger partial charge in [0.05, 0.1) is 22.3 Å². The quantitative estimate of drug-likeness (QED) is 0.389. The topological polar surface area (TPSA) is 80.2 Å². The van der Waals surface area contributed by atoms with E-state index in [1.54, 1.807) is 6.07 Å². The molecule has 0 heterocycles. The summed E-state index contributed by atoms with van der Waals surface area (Å²) in [5.41, 5.74) is 5.04. The molecule has 9 heteroatoms. The average molecular weight is 565 g/mol. The van der Waals surface area contributed by atoms with Crippen molar-refractivity contribution in [3.8, 4) is 17.2 Å². The first-order valence-electron chi connectivity index (χ1n) is 7.71. The summed E-state index contributed by atoms with van der Waals surface area (Å²) >= 11 is 10.0. The molecule has 0 saturated heterocycles. The van der Waals surface area contributed by atoms with Gasteiger partial charge >= 0.3 is 0 Å². The van der Waals surface area contributed by atoms with E-state index in [1.807, 2.05) is 26.0 Å². The molecule has 2 aromatic carbocycles. The van der Waals surface area contributed by atoms with Gasteiger partial charge in [-0.05, 0) is 84.9 Å². The highest BCUT2D eigenvalue weighted by Crippen LogP contribution is 2.41. The summed E-state index contributed by atoms with van der Waals surface area (Å²) < 4.78 is 12.5. The molecule has 0 fully saturated rings. The van der Waals surface area contributed by atoms with Crippen LogP contribution >= 0.6 is 47.8 Å². The van der Waals surface area contributed by atoms with Gasteiger partial charge in [-0.3, -0.25) is 4.79 Å². The van der Waals surface area contributed by atoms with Crippen LogP contribution in [0, 0.1) is 13.8 Å². The summed E-state index contributed by atoms with van der Waals surface area (Å²) in [6.45, 7) is 3.72. The van der Waals surface area contributed by atoms with Crippen molar-refractivity contribution in [3.63, 3.8) is 0 Å². The van der Waals surface area contributed by atoms with Gasteiger partial charge < -0.3 is 14.6 Å². The van der Waals surface area contributed by atoms with E-state index in [4.69, 9.17) is 9.47 Å². The largest absolute Gasteiger partial charge is 0.503 e. The number of hydrogen-bond donors (Lipinski definition) is 2. The van der Waals surface area contributed by atoms with E-state index in [0.29, 0.717) is 20.3 Å². The van der Waals surface area contributed by atoms with Crippen LogP contribution in [0.4, 0.5) is 0 Å². The van der Waals surface area contributed by atoms with E-state index >= 15 is 0 Å². The van der Waals surface area contributed by atoms with E-state index in [9.17, 15) is 9.90 Å². The molecule has 0 atom stereocenters. The number of carbonyl (C=O) groups is 1. The molecule has 1 amide bonds. The maximum absolute atomic E-state index is 12.0. The fourth-order valence-corrected chi connectivity index (χ4v) is 3.91. The average Bonchev–Trinajstić information content (AvgIpc) is 2.60. The number of aryl methyl sites for hydroxylation is 2.